The van der Waals surface area contributed by atoms with E-state index in [1.807, 2.05) is 0 Å². The number of ether oxygens (including phenoxy) is 2. The first-order valence-electron chi connectivity index (χ1n) is 7.02. The van der Waals surface area contributed by atoms with E-state index >= 15 is 0 Å². The van der Waals surface area contributed by atoms with Crippen LogP contribution in [-0.4, -0.2) is 32.1 Å². The number of unbranched alkanes of at least 4 members (excludes halogenated alkanes) is 6. The van der Waals surface area contributed by atoms with E-state index in [0.29, 0.717) is 25.2 Å². The van der Waals surface area contributed by atoms with Crippen molar-refractivity contribution in [3.63, 3.8) is 0 Å². The SMILES string of the molecule is C=C(C)C(=O)OCCOCCCCCCCCC=O. The monoisotopic (exact) mass is 270 g/mol. The zero-order valence-electron chi connectivity index (χ0n) is 12.0. The third-order valence-corrected chi connectivity index (χ3v) is 2.67. The van der Waals surface area contributed by atoms with E-state index in [1.54, 1.807) is 6.92 Å². The first kappa shape index (κ1) is 17.8. The van der Waals surface area contributed by atoms with Crippen LogP contribution in [0.4, 0.5) is 0 Å². The lowest BCUT2D eigenvalue weighted by Gasteiger charge is -2.05. The molecule has 0 radical (unpaired) electrons. The molecule has 4 heteroatoms. The predicted octanol–water partition coefficient (Wildman–Crippen LogP) is 3.05. The van der Waals surface area contributed by atoms with Crippen molar-refractivity contribution in [1.29, 1.82) is 0 Å². The Morgan fingerprint density at radius 1 is 1.00 bits per heavy atom. The van der Waals surface area contributed by atoms with Gasteiger partial charge in [-0.25, -0.2) is 4.79 Å². The summed E-state index contributed by atoms with van der Waals surface area (Å²) in [5, 5.41) is 0. The van der Waals surface area contributed by atoms with Crippen LogP contribution in [0.3, 0.4) is 0 Å². The van der Waals surface area contributed by atoms with Gasteiger partial charge in [0.15, 0.2) is 0 Å². The summed E-state index contributed by atoms with van der Waals surface area (Å²) in [6.45, 7) is 6.56. The Hall–Kier alpha value is -1.16. The maximum Gasteiger partial charge on any atom is 0.333 e. The van der Waals surface area contributed by atoms with Crippen molar-refractivity contribution >= 4 is 12.3 Å². The first-order valence-corrected chi connectivity index (χ1v) is 7.02. The second kappa shape index (κ2) is 13.3. The fourth-order valence-electron chi connectivity index (χ4n) is 1.56. The standard InChI is InChI=1S/C15H26O4/c1-14(2)15(17)19-13-12-18-11-9-7-5-3-4-6-8-10-16/h10H,1,3-9,11-13H2,2H3. The molecule has 0 aromatic carbocycles. The molecule has 0 saturated carbocycles. The van der Waals surface area contributed by atoms with E-state index in [1.165, 1.54) is 12.8 Å². The number of hydrogen-bond donors (Lipinski definition) is 0. The molecule has 19 heavy (non-hydrogen) atoms. The van der Waals surface area contributed by atoms with Crippen LogP contribution in [0.25, 0.3) is 0 Å². The molecule has 0 unspecified atom stereocenters. The van der Waals surface area contributed by atoms with Crippen LogP contribution in [0, 0.1) is 0 Å². The summed E-state index contributed by atoms with van der Waals surface area (Å²) < 4.78 is 10.2. The van der Waals surface area contributed by atoms with Gasteiger partial charge in [-0.3, -0.25) is 0 Å². The molecule has 4 nitrogen and oxygen atoms in total. The van der Waals surface area contributed by atoms with Crippen LogP contribution in [0.15, 0.2) is 12.2 Å². The molecule has 0 aliphatic heterocycles. The van der Waals surface area contributed by atoms with Gasteiger partial charge in [-0.05, 0) is 19.8 Å². The highest BCUT2D eigenvalue weighted by Crippen LogP contribution is 2.06. The minimum Gasteiger partial charge on any atom is -0.460 e. The lowest BCUT2D eigenvalue weighted by molar-refractivity contribution is -0.140. The molecule has 0 aromatic heterocycles. The molecule has 0 rings (SSSR count). The molecule has 0 saturated heterocycles. The minimum absolute atomic E-state index is 0.289. The Balaban J connectivity index is 3.09. The molecule has 0 atom stereocenters. The van der Waals surface area contributed by atoms with Gasteiger partial charge in [-0.2, -0.15) is 0 Å². The summed E-state index contributed by atoms with van der Waals surface area (Å²) >= 11 is 0. The van der Waals surface area contributed by atoms with Crippen molar-refractivity contribution in [1.82, 2.24) is 0 Å². The van der Waals surface area contributed by atoms with Gasteiger partial charge < -0.3 is 14.3 Å². The molecule has 110 valence electrons. The molecule has 0 spiro atoms. The van der Waals surface area contributed by atoms with Gasteiger partial charge in [0.1, 0.15) is 12.9 Å². The molecular formula is C15H26O4. The highest BCUT2D eigenvalue weighted by molar-refractivity contribution is 5.86. The Morgan fingerprint density at radius 2 is 1.63 bits per heavy atom. The molecule has 0 fully saturated rings. The summed E-state index contributed by atoms with van der Waals surface area (Å²) in [4.78, 5) is 21.1. The quantitative estimate of drug-likeness (QED) is 0.223. The summed E-state index contributed by atoms with van der Waals surface area (Å²) in [7, 11) is 0. The van der Waals surface area contributed by atoms with E-state index in [-0.39, 0.29) is 12.6 Å². The number of rotatable bonds is 13. The normalized spacial score (nSPS) is 10.2. The second-order valence-electron chi connectivity index (χ2n) is 4.61. The molecule has 0 N–H and O–H groups in total. The highest BCUT2D eigenvalue weighted by Gasteiger charge is 2.01. The van der Waals surface area contributed by atoms with Gasteiger partial charge in [0.05, 0.1) is 6.61 Å². The van der Waals surface area contributed by atoms with Gasteiger partial charge in [-0.15, -0.1) is 0 Å². The van der Waals surface area contributed by atoms with Gasteiger partial charge in [0.2, 0.25) is 0 Å². The number of carbonyl (C=O) groups is 2. The van der Waals surface area contributed by atoms with Crippen molar-refractivity contribution in [3.05, 3.63) is 12.2 Å². The van der Waals surface area contributed by atoms with Gasteiger partial charge in [-0.1, -0.05) is 32.3 Å². The van der Waals surface area contributed by atoms with Gasteiger partial charge >= 0.3 is 5.97 Å². The fraction of sp³-hybridized carbons (Fsp3) is 0.733. The summed E-state index contributed by atoms with van der Waals surface area (Å²) in [5.41, 5.74) is 0.412. The van der Waals surface area contributed by atoms with E-state index < -0.39 is 0 Å². The Kier molecular flexibility index (Phi) is 12.5. The Labute approximate surface area is 116 Å². The first-order chi connectivity index (χ1) is 9.18. The zero-order chi connectivity index (χ0) is 14.3. The van der Waals surface area contributed by atoms with Crippen LogP contribution in [0.1, 0.15) is 51.9 Å². The van der Waals surface area contributed by atoms with Crippen molar-refractivity contribution < 1.29 is 19.1 Å². The van der Waals surface area contributed by atoms with Crippen LogP contribution in [0.2, 0.25) is 0 Å². The van der Waals surface area contributed by atoms with Crippen molar-refractivity contribution in [2.45, 2.75) is 51.9 Å². The lowest BCUT2D eigenvalue weighted by atomic mass is 10.1. The van der Waals surface area contributed by atoms with E-state index in [4.69, 9.17) is 9.47 Å². The van der Waals surface area contributed by atoms with Crippen LogP contribution in [-0.2, 0) is 19.1 Å². The van der Waals surface area contributed by atoms with E-state index in [9.17, 15) is 9.59 Å². The van der Waals surface area contributed by atoms with Crippen molar-refractivity contribution in [3.8, 4) is 0 Å². The number of carbonyl (C=O) groups excluding carboxylic acids is 2. The molecule has 0 aliphatic carbocycles. The predicted molar refractivity (Wildman–Crippen MR) is 75.0 cm³/mol. The van der Waals surface area contributed by atoms with Gasteiger partial charge in [0, 0.05) is 18.6 Å². The van der Waals surface area contributed by atoms with Crippen LogP contribution < -0.4 is 0 Å². The Bertz CT molecular complexity index is 261. The smallest absolute Gasteiger partial charge is 0.333 e. The zero-order valence-corrected chi connectivity index (χ0v) is 12.0. The molecule has 0 amide bonds. The maximum atomic E-state index is 11.0. The average molecular weight is 270 g/mol. The van der Waals surface area contributed by atoms with Crippen LogP contribution in [0.5, 0.6) is 0 Å². The maximum absolute atomic E-state index is 11.0. The topological polar surface area (TPSA) is 52.6 Å². The minimum atomic E-state index is -0.362. The van der Waals surface area contributed by atoms with Crippen LogP contribution >= 0.6 is 0 Å². The fourth-order valence-corrected chi connectivity index (χ4v) is 1.56. The third-order valence-electron chi connectivity index (χ3n) is 2.67. The summed E-state index contributed by atoms with van der Waals surface area (Å²) in [5.74, 6) is -0.362. The van der Waals surface area contributed by atoms with E-state index in [0.717, 1.165) is 32.0 Å². The second-order valence-corrected chi connectivity index (χ2v) is 4.61. The summed E-state index contributed by atoms with van der Waals surface area (Å²) in [6, 6.07) is 0. The summed E-state index contributed by atoms with van der Waals surface area (Å²) in [6.07, 6.45) is 8.36. The number of hydrogen-bond acceptors (Lipinski definition) is 4. The molecule has 0 bridgehead atoms. The molecular weight excluding hydrogens is 244 g/mol. The third kappa shape index (κ3) is 13.1. The molecule has 0 heterocycles. The van der Waals surface area contributed by atoms with Crippen molar-refractivity contribution in [2.75, 3.05) is 19.8 Å². The van der Waals surface area contributed by atoms with Crippen molar-refractivity contribution in [2.24, 2.45) is 0 Å². The average Bonchev–Trinajstić information content (AvgIpc) is 2.39. The molecule has 0 aromatic rings. The number of aldehydes is 1. The largest absolute Gasteiger partial charge is 0.460 e. The molecule has 0 aliphatic rings. The van der Waals surface area contributed by atoms with Gasteiger partial charge in [0.25, 0.3) is 0 Å². The lowest BCUT2D eigenvalue weighted by Crippen LogP contribution is -2.11. The van der Waals surface area contributed by atoms with E-state index in [2.05, 4.69) is 6.58 Å². The number of esters is 1. The highest BCUT2D eigenvalue weighted by atomic mass is 16.6. The Morgan fingerprint density at radius 3 is 2.26 bits per heavy atom.